The normalized spacial score (nSPS) is 11.0. The molecule has 118 valence electrons. The molecule has 0 fully saturated rings. The number of nitrogens with zero attached hydrogens (tertiary/aromatic N) is 1. The second-order valence-corrected chi connectivity index (χ2v) is 5.69. The number of nitrogens with two attached hydrogens (primary N) is 1. The Morgan fingerprint density at radius 2 is 1.86 bits per heavy atom. The predicted octanol–water partition coefficient (Wildman–Crippen LogP) is 3.71. The first-order valence-electron chi connectivity index (χ1n) is 7.60. The Morgan fingerprint density at radius 3 is 2.27 bits per heavy atom. The first-order valence-corrected chi connectivity index (χ1v) is 7.60. The van der Waals surface area contributed by atoms with Crippen molar-refractivity contribution in [1.82, 2.24) is 4.57 Å². The highest BCUT2D eigenvalue weighted by atomic mass is 16.5. The summed E-state index contributed by atoms with van der Waals surface area (Å²) in [5.41, 5.74) is 10.3. The van der Waals surface area contributed by atoms with Crippen LogP contribution >= 0.6 is 0 Å². The molecule has 1 heterocycles. The van der Waals surface area contributed by atoms with Crippen LogP contribution in [0.2, 0.25) is 0 Å². The zero-order valence-electron chi connectivity index (χ0n) is 13.9. The largest absolute Gasteiger partial charge is 0.497 e. The Morgan fingerprint density at radius 1 is 1.27 bits per heavy atom. The first-order chi connectivity index (χ1) is 10.4. The molecule has 0 atom stereocenters. The van der Waals surface area contributed by atoms with E-state index in [9.17, 15) is 4.79 Å². The molecule has 0 saturated heterocycles. The molecule has 2 aromatic rings. The van der Waals surface area contributed by atoms with Crippen LogP contribution in [0.5, 0.6) is 5.75 Å². The third-order valence-corrected chi connectivity index (χ3v) is 4.03. The van der Waals surface area contributed by atoms with Gasteiger partial charge in [-0.1, -0.05) is 19.1 Å². The zero-order valence-corrected chi connectivity index (χ0v) is 13.9. The van der Waals surface area contributed by atoms with Gasteiger partial charge >= 0.3 is 0 Å². The Balaban J connectivity index is 2.76. The summed E-state index contributed by atoms with van der Waals surface area (Å²) >= 11 is 0. The number of methoxy groups -OCH3 is 1. The molecule has 22 heavy (non-hydrogen) atoms. The van der Waals surface area contributed by atoms with E-state index in [1.54, 1.807) is 7.11 Å². The summed E-state index contributed by atoms with van der Waals surface area (Å²) in [5.74, 6) is 0.417. The molecule has 0 bridgehead atoms. The quantitative estimate of drug-likeness (QED) is 0.915. The molecular weight excluding hydrogens is 276 g/mol. The number of primary amides is 1. The topological polar surface area (TPSA) is 57.2 Å². The number of hydrogen-bond acceptors (Lipinski definition) is 2. The molecule has 2 N–H and O–H groups in total. The molecule has 1 aromatic heterocycles. The molecule has 2 rings (SSSR count). The van der Waals surface area contributed by atoms with Gasteiger partial charge in [-0.25, -0.2) is 0 Å². The van der Waals surface area contributed by atoms with Crippen molar-refractivity contribution in [2.24, 2.45) is 5.73 Å². The van der Waals surface area contributed by atoms with Gasteiger partial charge in [-0.05, 0) is 44.9 Å². The lowest BCUT2D eigenvalue weighted by molar-refractivity contribution is 0.1000. The number of benzene rings is 1. The van der Waals surface area contributed by atoms with E-state index in [0.717, 1.165) is 34.7 Å². The fourth-order valence-electron chi connectivity index (χ4n) is 3.18. The van der Waals surface area contributed by atoms with Crippen LogP contribution in [0.4, 0.5) is 0 Å². The average molecular weight is 300 g/mol. The minimum atomic E-state index is -0.377. The predicted molar refractivity (Wildman–Crippen MR) is 89.4 cm³/mol. The zero-order chi connectivity index (χ0) is 16.4. The molecule has 0 aliphatic heterocycles. The van der Waals surface area contributed by atoms with E-state index >= 15 is 0 Å². The lowest BCUT2D eigenvalue weighted by Gasteiger charge is -2.15. The van der Waals surface area contributed by atoms with E-state index in [0.29, 0.717) is 5.56 Å². The smallest absolute Gasteiger partial charge is 0.251 e. The van der Waals surface area contributed by atoms with Crippen molar-refractivity contribution in [3.63, 3.8) is 0 Å². The Kier molecular flexibility index (Phi) is 4.59. The highest BCUT2D eigenvalue weighted by molar-refractivity contribution is 6.02. The maximum absolute atomic E-state index is 12.0. The molecule has 0 saturated carbocycles. The van der Waals surface area contributed by atoms with Gasteiger partial charge in [-0.3, -0.25) is 4.79 Å². The second kappa shape index (κ2) is 6.26. The van der Waals surface area contributed by atoms with Gasteiger partial charge < -0.3 is 15.0 Å². The van der Waals surface area contributed by atoms with Crippen LogP contribution in [0.15, 0.2) is 24.3 Å². The summed E-state index contributed by atoms with van der Waals surface area (Å²) in [6.07, 6.45) is 0.841. The van der Waals surface area contributed by atoms with Crippen molar-refractivity contribution in [3.05, 3.63) is 41.2 Å². The summed E-state index contributed by atoms with van der Waals surface area (Å²) in [6.45, 7) is 8.31. The minimum Gasteiger partial charge on any atom is -0.497 e. The minimum absolute atomic E-state index is 0.278. The number of carbonyl (C=O) groups is 1. The fourth-order valence-corrected chi connectivity index (χ4v) is 3.18. The summed E-state index contributed by atoms with van der Waals surface area (Å²) in [5, 5.41) is 0. The number of aromatic nitrogens is 1. The molecule has 0 radical (unpaired) electrons. The van der Waals surface area contributed by atoms with E-state index in [1.165, 1.54) is 0 Å². The Labute approximate surface area is 131 Å². The summed E-state index contributed by atoms with van der Waals surface area (Å²) in [4.78, 5) is 12.0. The molecular formula is C18H24N2O2. The van der Waals surface area contributed by atoms with Gasteiger partial charge in [0.05, 0.1) is 12.7 Å². The summed E-state index contributed by atoms with van der Waals surface area (Å²) in [6, 6.07) is 8.04. The number of ether oxygens (including phenoxy) is 1. The standard InChI is InChI=1S/C18H24N2O2/c1-6-15-17(13-7-9-14(22-5)10-8-13)16(18(19)21)12(4)20(15)11(2)3/h7-11H,6H2,1-5H3,(H2,19,21). The van der Waals surface area contributed by atoms with Crippen LogP contribution in [-0.4, -0.2) is 17.6 Å². The van der Waals surface area contributed by atoms with Crippen LogP contribution in [0, 0.1) is 6.92 Å². The Bertz CT molecular complexity index is 682. The molecule has 0 aliphatic rings. The third kappa shape index (κ3) is 2.61. The van der Waals surface area contributed by atoms with Gasteiger partial charge in [-0.2, -0.15) is 0 Å². The van der Waals surface area contributed by atoms with Gasteiger partial charge in [0, 0.05) is 23.0 Å². The van der Waals surface area contributed by atoms with E-state index in [4.69, 9.17) is 10.5 Å². The lowest BCUT2D eigenvalue weighted by atomic mass is 9.98. The van der Waals surface area contributed by atoms with Crippen LogP contribution in [-0.2, 0) is 6.42 Å². The summed E-state index contributed by atoms with van der Waals surface area (Å²) < 4.78 is 7.42. The van der Waals surface area contributed by atoms with Crippen LogP contribution in [0.1, 0.15) is 48.6 Å². The van der Waals surface area contributed by atoms with Gasteiger partial charge in [0.2, 0.25) is 0 Å². The maximum atomic E-state index is 12.0. The molecule has 0 spiro atoms. The fraction of sp³-hybridized carbons (Fsp3) is 0.389. The first kappa shape index (κ1) is 16.1. The van der Waals surface area contributed by atoms with Crippen LogP contribution in [0.3, 0.4) is 0 Å². The van der Waals surface area contributed by atoms with Crippen molar-refractivity contribution in [1.29, 1.82) is 0 Å². The maximum Gasteiger partial charge on any atom is 0.251 e. The highest BCUT2D eigenvalue weighted by Gasteiger charge is 2.24. The van der Waals surface area contributed by atoms with Crippen LogP contribution in [0.25, 0.3) is 11.1 Å². The molecule has 4 nitrogen and oxygen atoms in total. The van der Waals surface area contributed by atoms with Gasteiger partial charge in [0.15, 0.2) is 0 Å². The van der Waals surface area contributed by atoms with Crippen molar-refractivity contribution >= 4 is 5.91 Å². The third-order valence-electron chi connectivity index (χ3n) is 4.03. The average Bonchev–Trinajstić information content (AvgIpc) is 2.80. The van der Waals surface area contributed by atoms with Crippen molar-refractivity contribution in [2.75, 3.05) is 7.11 Å². The van der Waals surface area contributed by atoms with E-state index < -0.39 is 0 Å². The van der Waals surface area contributed by atoms with E-state index in [2.05, 4.69) is 25.3 Å². The number of rotatable bonds is 5. The molecule has 1 amide bonds. The monoisotopic (exact) mass is 300 g/mol. The van der Waals surface area contributed by atoms with Crippen molar-refractivity contribution in [3.8, 4) is 16.9 Å². The number of amides is 1. The molecule has 0 unspecified atom stereocenters. The number of hydrogen-bond donors (Lipinski definition) is 1. The Hall–Kier alpha value is -2.23. The molecule has 4 heteroatoms. The van der Waals surface area contributed by atoms with Gasteiger partial charge in [0.1, 0.15) is 5.75 Å². The summed E-state index contributed by atoms with van der Waals surface area (Å²) in [7, 11) is 1.64. The SMILES string of the molecule is CCc1c(-c2ccc(OC)cc2)c(C(N)=O)c(C)n1C(C)C. The molecule has 0 aliphatic carbocycles. The second-order valence-electron chi connectivity index (χ2n) is 5.69. The van der Waals surface area contributed by atoms with Crippen LogP contribution < -0.4 is 10.5 Å². The van der Waals surface area contributed by atoms with Crippen molar-refractivity contribution in [2.45, 2.75) is 40.2 Å². The van der Waals surface area contributed by atoms with Gasteiger partial charge in [0.25, 0.3) is 5.91 Å². The molecule has 1 aromatic carbocycles. The van der Waals surface area contributed by atoms with E-state index in [1.807, 2.05) is 31.2 Å². The highest BCUT2D eigenvalue weighted by Crippen LogP contribution is 2.35. The van der Waals surface area contributed by atoms with E-state index in [-0.39, 0.29) is 11.9 Å². The van der Waals surface area contributed by atoms with Gasteiger partial charge in [-0.15, -0.1) is 0 Å². The number of carbonyl (C=O) groups excluding carboxylic acids is 1. The van der Waals surface area contributed by atoms with Crippen molar-refractivity contribution < 1.29 is 9.53 Å². The lowest BCUT2D eigenvalue weighted by Crippen LogP contribution is -2.14.